The molecule has 0 aliphatic heterocycles. The van der Waals surface area contributed by atoms with Crippen molar-refractivity contribution in [1.82, 2.24) is 4.57 Å². The Labute approximate surface area is 149 Å². The summed E-state index contributed by atoms with van der Waals surface area (Å²) in [6.45, 7) is 9.31. The molecule has 1 fully saturated rings. The van der Waals surface area contributed by atoms with E-state index >= 15 is 0 Å². The van der Waals surface area contributed by atoms with E-state index in [9.17, 15) is 14.9 Å². The monoisotopic (exact) mass is 363 g/mol. The predicted octanol–water partition coefficient (Wildman–Crippen LogP) is 3.81. The van der Waals surface area contributed by atoms with Crippen molar-refractivity contribution >= 4 is 23.1 Å². The van der Waals surface area contributed by atoms with E-state index in [1.54, 1.807) is 0 Å². The van der Waals surface area contributed by atoms with Crippen molar-refractivity contribution < 1.29 is 14.1 Å². The van der Waals surface area contributed by atoms with Crippen LogP contribution in [0.1, 0.15) is 54.7 Å². The Kier molecular flexibility index (Phi) is 4.40. The lowest BCUT2D eigenvalue weighted by Crippen LogP contribution is -2.19. The maximum absolute atomic E-state index is 12.4. The first kappa shape index (κ1) is 17.6. The highest BCUT2D eigenvalue weighted by Gasteiger charge is 2.27. The van der Waals surface area contributed by atoms with Gasteiger partial charge in [-0.1, -0.05) is 20.8 Å². The number of hydrogen-bond acceptors (Lipinski definition) is 5. The van der Waals surface area contributed by atoms with Gasteiger partial charge >= 0.3 is 11.8 Å². The molecule has 1 amide bonds. The second-order valence-corrected chi connectivity index (χ2v) is 8.39. The van der Waals surface area contributed by atoms with E-state index in [4.69, 9.17) is 4.42 Å². The number of amides is 1. The van der Waals surface area contributed by atoms with E-state index < -0.39 is 16.7 Å². The maximum Gasteiger partial charge on any atom is 0.433 e. The summed E-state index contributed by atoms with van der Waals surface area (Å²) in [6, 6.07) is 2.46. The number of thiazole rings is 1. The van der Waals surface area contributed by atoms with Crippen LogP contribution in [-0.4, -0.2) is 15.4 Å². The summed E-state index contributed by atoms with van der Waals surface area (Å²) in [4.78, 5) is 28.4. The fourth-order valence-electron chi connectivity index (χ4n) is 2.72. The van der Waals surface area contributed by atoms with Crippen LogP contribution in [0.15, 0.2) is 21.5 Å². The molecule has 3 rings (SSSR count). The van der Waals surface area contributed by atoms with Crippen LogP contribution in [0, 0.1) is 23.0 Å². The predicted molar refractivity (Wildman–Crippen MR) is 93.7 cm³/mol. The van der Waals surface area contributed by atoms with Crippen LogP contribution in [0.4, 0.5) is 5.88 Å². The molecule has 0 radical (unpaired) electrons. The first-order valence-electron chi connectivity index (χ1n) is 8.21. The zero-order valence-electron chi connectivity index (χ0n) is 14.7. The van der Waals surface area contributed by atoms with Gasteiger partial charge < -0.3 is 8.98 Å². The molecule has 0 bridgehead atoms. The molecule has 0 atom stereocenters. The number of nitrogens with zero attached hydrogens (tertiary/aromatic N) is 3. The van der Waals surface area contributed by atoms with Crippen molar-refractivity contribution in [3.05, 3.63) is 43.4 Å². The second-order valence-electron chi connectivity index (χ2n) is 7.42. The normalized spacial score (nSPS) is 15.6. The lowest BCUT2D eigenvalue weighted by atomic mass is 9.93. The summed E-state index contributed by atoms with van der Waals surface area (Å²) < 4.78 is 7.07. The minimum atomic E-state index is -0.670. The first-order chi connectivity index (χ1) is 11.7. The Balaban J connectivity index is 2.02. The number of carbonyl (C=O) groups is 1. The second kappa shape index (κ2) is 6.25. The SMILES string of the molecule is Cc1c(C(C)(C)C)sc(=NC(=O)c2ccc([N+](=O)[O-])o2)n1CC1CC1. The molecule has 25 heavy (non-hydrogen) atoms. The summed E-state index contributed by atoms with van der Waals surface area (Å²) in [5.74, 6) is -0.533. The van der Waals surface area contributed by atoms with Gasteiger partial charge in [-0.25, -0.2) is 0 Å². The maximum atomic E-state index is 12.4. The van der Waals surface area contributed by atoms with E-state index in [-0.39, 0.29) is 11.2 Å². The van der Waals surface area contributed by atoms with Crippen molar-refractivity contribution in [2.75, 3.05) is 0 Å². The van der Waals surface area contributed by atoms with Gasteiger partial charge in [0.05, 0.1) is 6.07 Å². The Hall–Kier alpha value is -2.22. The van der Waals surface area contributed by atoms with Gasteiger partial charge in [-0.3, -0.25) is 14.9 Å². The molecular formula is C17H21N3O4S. The summed E-state index contributed by atoms with van der Waals surface area (Å²) in [7, 11) is 0. The summed E-state index contributed by atoms with van der Waals surface area (Å²) in [5.41, 5.74) is 1.08. The molecular weight excluding hydrogens is 342 g/mol. The molecule has 0 spiro atoms. The number of aromatic nitrogens is 1. The molecule has 0 aromatic carbocycles. The molecule has 0 saturated heterocycles. The van der Waals surface area contributed by atoms with E-state index in [0.717, 1.165) is 12.2 Å². The highest BCUT2D eigenvalue weighted by molar-refractivity contribution is 7.09. The molecule has 2 aromatic rings. The fraction of sp³-hybridized carbons (Fsp3) is 0.529. The summed E-state index contributed by atoms with van der Waals surface area (Å²) in [6.07, 6.45) is 2.40. The van der Waals surface area contributed by atoms with Crippen molar-refractivity contribution in [1.29, 1.82) is 0 Å². The third-order valence-electron chi connectivity index (χ3n) is 4.16. The summed E-state index contributed by atoms with van der Waals surface area (Å²) >= 11 is 1.50. The first-order valence-corrected chi connectivity index (χ1v) is 9.02. The molecule has 0 N–H and O–H groups in total. The van der Waals surface area contributed by atoms with Crippen molar-refractivity contribution in [2.24, 2.45) is 10.9 Å². The molecule has 134 valence electrons. The number of nitro groups is 1. The molecule has 7 nitrogen and oxygen atoms in total. The smallest absolute Gasteiger partial charge is 0.395 e. The van der Waals surface area contributed by atoms with Crippen molar-refractivity contribution in [3.8, 4) is 0 Å². The van der Waals surface area contributed by atoms with E-state index in [0.29, 0.717) is 10.7 Å². The van der Waals surface area contributed by atoms with Gasteiger partial charge in [0.2, 0.25) is 5.76 Å². The van der Waals surface area contributed by atoms with Crippen LogP contribution in [0.2, 0.25) is 0 Å². The highest BCUT2D eigenvalue weighted by atomic mass is 32.1. The van der Waals surface area contributed by atoms with Gasteiger partial charge in [0.25, 0.3) is 0 Å². The van der Waals surface area contributed by atoms with Crippen LogP contribution in [0.25, 0.3) is 0 Å². The van der Waals surface area contributed by atoms with Crippen molar-refractivity contribution in [2.45, 2.75) is 52.5 Å². The lowest BCUT2D eigenvalue weighted by molar-refractivity contribution is -0.402. The average molecular weight is 363 g/mol. The zero-order chi connectivity index (χ0) is 18.4. The third kappa shape index (κ3) is 3.73. The average Bonchev–Trinajstić information content (AvgIpc) is 3.07. The van der Waals surface area contributed by atoms with Gasteiger partial charge in [-0.15, -0.1) is 11.3 Å². The van der Waals surface area contributed by atoms with Gasteiger partial charge in [0.1, 0.15) is 4.92 Å². The number of hydrogen-bond donors (Lipinski definition) is 0. The van der Waals surface area contributed by atoms with Gasteiger partial charge in [0, 0.05) is 17.1 Å². The quantitative estimate of drug-likeness (QED) is 0.610. The van der Waals surface area contributed by atoms with Crippen molar-refractivity contribution in [3.63, 3.8) is 0 Å². The van der Waals surface area contributed by atoms with E-state index in [1.807, 2.05) is 0 Å². The molecule has 8 heteroatoms. The topological polar surface area (TPSA) is 90.6 Å². The number of rotatable bonds is 4. The number of furan rings is 1. The van der Waals surface area contributed by atoms with Gasteiger partial charge in [-0.05, 0) is 37.2 Å². The van der Waals surface area contributed by atoms with Crippen LogP contribution in [-0.2, 0) is 12.0 Å². The molecule has 1 aliphatic rings. The minimum absolute atomic E-state index is 0.0413. The van der Waals surface area contributed by atoms with E-state index in [1.165, 1.54) is 41.2 Å². The van der Waals surface area contributed by atoms with Crippen LogP contribution in [0.3, 0.4) is 0 Å². The number of carbonyl (C=O) groups excluding carboxylic acids is 1. The summed E-state index contributed by atoms with van der Waals surface area (Å²) in [5, 5.41) is 10.7. The highest BCUT2D eigenvalue weighted by Crippen LogP contribution is 2.33. The Bertz CT molecular complexity index is 894. The largest absolute Gasteiger partial charge is 0.433 e. The van der Waals surface area contributed by atoms with Crippen LogP contribution >= 0.6 is 11.3 Å². The Morgan fingerprint density at radius 2 is 2.12 bits per heavy atom. The zero-order valence-corrected chi connectivity index (χ0v) is 15.6. The van der Waals surface area contributed by atoms with Crippen LogP contribution in [0.5, 0.6) is 0 Å². The van der Waals surface area contributed by atoms with Gasteiger partial charge in [0.15, 0.2) is 4.80 Å². The molecule has 1 aliphatic carbocycles. The fourth-order valence-corrected chi connectivity index (χ4v) is 3.92. The molecule has 2 heterocycles. The Morgan fingerprint density at radius 3 is 2.64 bits per heavy atom. The van der Waals surface area contributed by atoms with E-state index in [2.05, 4.69) is 37.3 Å². The minimum Gasteiger partial charge on any atom is -0.395 e. The molecule has 2 aromatic heterocycles. The molecule has 1 saturated carbocycles. The lowest BCUT2D eigenvalue weighted by Gasteiger charge is -2.17. The standard InChI is InChI=1S/C17H21N3O4S/c1-10-14(17(2,3)4)25-16(19(10)9-11-5-6-11)18-15(21)12-7-8-13(24-12)20(22)23/h7-8,11H,5-6,9H2,1-4H3. The third-order valence-corrected chi connectivity index (χ3v) is 5.76. The molecule has 0 unspecified atom stereocenters. The Morgan fingerprint density at radius 1 is 1.44 bits per heavy atom. The van der Waals surface area contributed by atoms with Gasteiger partial charge in [-0.2, -0.15) is 4.99 Å². The van der Waals surface area contributed by atoms with Crippen LogP contribution < -0.4 is 4.80 Å².